The Bertz CT molecular complexity index is 400. The summed E-state index contributed by atoms with van der Waals surface area (Å²) in [6.07, 6.45) is 0. The summed E-state index contributed by atoms with van der Waals surface area (Å²) in [7, 11) is 2.46. The molecule has 0 aliphatic carbocycles. The molecule has 0 heterocycles. The van der Waals surface area contributed by atoms with E-state index in [0.29, 0.717) is 0 Å². The van der Waals surface area contributed by atoms with Crippen LogP contribution in [-0.2, 0) is 0 Å². The Labute approximate surface area is 90.4 Å². The smallest absolute Gasteiger partial charge is 0.339 e. The predicted octanol–water partition coefficient (Wildman–Crippen LogP) is 1.31. The Morgan fingerprint density at radius 3 is 2.25 bits per heavy atom. The number of hydrogen-bond donors (Lipinski definition) is 1. The summed E-state index contributed by atoms with van der Waals surface area (Å²) < 4.78 is 9.49. The molecule has 0 fully saturated rings. The van der Waals surface area contributed by atoms with Crippen molar-refractivity contribution in [3.05, 3.63) is 27.8 Å². The second-order valence-electron chi connectivity index (χ2n) is 2.79. The minimum atomic E-state index is -1.25. The van der Waals surface area contributed by atoms with Gasteiger partial charge in [0.25, 0.3) is 0 Å². The number of nitro groups is 1. The molecule has 1 aromatic rings. The molecule has 0 saturated heterocycles. The third kappa shape index (κ3) is 2.02. The molecule has 0 unspecified atom stereocenters. The van der Waals surface area contributed by atoms with E-state index in [-0.39, 0.29) is 22.7 Å². The van der Waals surface area contributed by atoms with Crippen LogP contribution < -0.4 is 9.47 Å². The fourth-order valence-corrected chi connectivity index (χ4v) is 1.19. The van der Waals surface area contributed by atoms with Crippen LogP contribution in [0.25, 0.3) is 0 Å². The maximum atomic E-state index is 10.8. The largest absolute Gasteiger partial charge is 0.496 e. The molecule has 1 N–H and O–H groups in total. The van der Waals surface area contributed by atoms with E-state index in [0.717, 1.165) is 12.1 Å². The van der Waals surface area contributed by atoms with Crippen molar-refractivity contribution in [3.8, 4) is 11.5 Å². The van der Waals surface area contributed by atoms with Gasteiger partial charge in [-0.2, -0.15) is 0 Å². The highest BCUT2D eigenvalue weighted by atomic mass is 16.6. The average molecular weight is 227 g/mol. The molecule has 1 rings (SSSR count). The zero-order chi connectivity index (χ0) is 12.3. The molecule has 86 valence electrons. The van der Waals surface area contributed by atoms with Crippen molar-refractivity contribution in [2.24, 2.45) is 0 Å². The topological polar surface area (TPSA) is 98.9 Å². The van der Waals surface area contributed by atoms with E-state index >= 15 is 0 Å². The highest BCUT2D eigenvalue weighted by Gasteiger charge is 2.22. The van der Waals surface area contributed by atoms with Crippen LogP contribution in [0, 0.1) is 10.1 Å². The summed E-state index contributed by atoms with van der Waals surface area (Å²) in [5.41, 5.74) is -0.533. The first-order chi connectivity index (χ1) is 7.51. The van der Waals surface area contributed by atoms with Crippen LogP contribution in [0.5, 0.6) is 11.5 Å². The monoisotopic (exact) mass is 227 g/mol. The number of carboxylic acid groups (broad SMARTS) is 1. The maximum absolute atomic E-state index is 10.8. The molecule has 0 aromatic heterocycles. The van der Waals surface area contributed by atoms with E-state index < -0.39 is 10.9 Å². The average Bonchev–Trinajstić information content (AvgIpc) is 2.26. The predicted molar refractivity (Wildman–Crippen MR) is 53.2 cm³/mol. The lowest BCUT2D eigenvalue weighted by atomic mass is 10.1. The number of aromatic carboxylic acids is 1. The normalized spacial score (nSPS) is 9.62. The van der Waals surface area contributed by atoms with Crippen LogP contribution in [0.2, 0.25) is 0 Å². The summed E-state index contributed by atoms with van der Waals surface area (Å²) in [6, 6.07) is 2.07. The molecular formula is C9H9NO6. The van der Waals surface area contributed by atoms with Gasteiger partial charge in [-0.15, -0.1) is 0 Å². The van der Waals surface area contributed by atoms with Gasteiger partial charge in [0.1, 0.15) is 11.3 Å². The Balaban J connectivity index is 3.46. The highest BCUT2D eigenvalue weighted by molar-refractivity contribution is 5.92. The summed E-state index contributed by atoms with van der Waals surface area (Å²) in [6.45, 7) is 0. The van der Waals surface area contributed by atoms with Gasteiger partial charge in [0.15, 0.2) is 5.75 Å². The number of nitro benzene ring substituents is 1. The molecular weight excluding hydrogens is 218 g/mol. The van der Waals surface area contributed by atoms with E-state index in [9.17, 15) is 14.9 Å². The summed E-state index contributed by atoms with van der Waals surface area (Å²) in [4.78, 5) is 20.8. The van der Waals surface area contributed by atoms with Gasteiger partial charge >= 0.3 is 11.7 Å². The molecule has 1 aromatic carbocycles. The van der Waals surface area contributed by atoms with Crippen LogP contribution in [-0.4, -0.2) is 30.2 Å². The standard InChI is InChI=1S/C9H9NO6/c1-15-7-4-6(10(13)14)8(16-2)3-5(7)9(11)12/h3-4H,1-2H3,(H,11,12). The van der Waals surface area contributed by atoms with Crippen molar-refractivity contribution >= 4 is 11.7 Å². The number of ether oxygens (including phenoxy) is 2. The van der Waals surface area contributed by atoms with E-state index in [2.05, 4.69) is 0 Å². The lowest BCUT2D eigenvalue weighted by Crippen LogP contribution is -2.03. The van der Waals surface area contributed by atoms with Crippen molar-refractivity contribution in [3.63, 3.8) is 0 Å². The summed E-state index contributed by atoms with van der Waals surface area (Å²) in [5, 5.41) is 19.5. The highest BCUT2D eigenvalue weighted by Crippen LogP contribution is 2.34. The molecule has 0 radical (unpaired) electrons. The van der Waals surface area contributed by atoms with Crippen molar-refractivity contribution in [2.75, 3.05) is 14.2 Å². The Morgan fingerprint density at radius 2 is 1.88 bits per heavy atom. The zero-order valence-electron chi connectivity index (χ0n) is 8.59. The maximum Gasteiger partial charge on any atom is 0.339 e. The van der Waals surface area contributed by atoms with Gasteiger partial charge in [0.05, 0.1) is 25.2 Å². The molecule has 0 atom stereocenters. The van der Waals surface area contributed by atoms with E-state index in [4.69, 9.17) is 14.6 Å². The van der Waals surface area contributed by atoms with Gasteiger partial charge in [-0.25, -0.2) is 4.79 Å². The van der Waals surface area contributed by atoms with Gasteiger partial charge in [-0.1, -0.05) is 0 Å². The molecule has 16 heavy (non-hydrogen) atoms. The minimum Gasteiger partial charge on any atom is -0.496 e. The van der Waals surface area contributed by atoms with E-state index in [1.807, 2.05) is 0 Å². The molecule has 0 aliphatic heterocycles. The number of carbonyl (C=O) groups is 1. The van der Waals surface area contributed by atoms with Crippen LogP contribution in [0.3, 0.4) is 0 Å². The number of carboxylic acids is 1. The Kier molecular flexibility index (Phi) is 3.29. The molecule has 0 bridgehead atoms. The minimum absolute atomic E-state index is 0.0833. The van der Waals surface area contributed by atoms with Crippen molar-refractivity contribution in [1.29, 1.82) is 0 Å². The van der Waals surface area contributed by atoms with Crippen molar-refractivity contribution in [2.45, 2.75) is 0 Å². The van der Waals surface area contributed by atoms with Crippen molar-refractivity contribution < 1.29 is 24.3 Å². The zero-order valence-corrected chi connectivity index (χ0v) is 8.59. The molecule has 0 aliphatic rings. The van der Waals surface area contributed by atoms with E-state index in [1.165, 1.54) is 14.2 Å². The third-order valence-corrected chi connectivity index (χ3v) is 1.93. The van der Waals surface area contributed by atoms with Gasteiger partial charge < -0.3 is 14.6 Å². The molecule has 7 heteroatoms. The first kappa shape index (κ1) is 11.8. The van der Waals surface area contributed by atoms with Crippen LogP contribution >= 0.6 is 0 Å². The van der Waals surface area contributed by atoms with E-state index in [1.54, 1.807) is 0 Å². The Morgan fingerprint density at radius 1 is 1.31 bits per heavy atom. The third-order valence-electron chi connectivity index (χ3n) is 1.93. The number of hydrogen-bond acceptors (Lipinski definition) is 5. The molecule has 7 nitrogen and oxygen atoms in total. The van der Waals surface area contributed by atoms with Gasteiger partial charge in [0, 0.05) is 6.07 Å². The first-order valence-corrected chi connectivity index (χ1v) is 4.15. The fraction of sp³-hybridized carbons (Fsp3) is 0.222. The quantitative estimate of drug-likeness (QED) is 0.614. The Hall–Kier alpha value is -2.31. The number of nitrogens with zero attached hydrogens (tertiary/aromatic N) is 1. The van der Waals surface area contributed by atoms with Crippen LogP contribution in [0.1, 0.15) is 10.4 Å². The fourth-order valence-electron chi connectivity index (χ4n) is 1.19. The van der Waals surface area contributed by atoms with Crippen molar-refractivity contribution in [1.82, 2.24) is 0 Å². The second kappa shape index (κ2) is 4.47. The van der Waals surface area contributed by atoms with Crippen LogP contribution in [0.15, 0.2) is 12.1 Å². The van der Waals surface area contributed by atoms with Crippen LogP contribution in [0.4, 0.5) is 5.69 Å². The summed E-state index contributed by atoms with van der Waals surface area (Å²) >= 11 is 0. The van der Waals surface area contributed by atoms with Gasteiger partial charge in [-0.05, 0) is 0 Å². The lowest BCUT2D eigenvalue weighted by molar-refractivity contribution is -0.385. The lowest BCUT2D eigenvalue weighted by Gasteiger charge is -2.07. The SMILES string of the molecule is COc1cc([N+](=O)[O-])c(OC)cc1C(=O)O. The number of methoxy groups -OCH3 is 2. The number of rotatable bonds is 4. The molecule has 0 spiro atoms. The second-order valence-corrected chi connectivity index (χ2v) is 2.79. The molecule has 0 saturated carbocycles. The van der Waals surface area contributed by atoms with Gasteiger partial charge in [-0.3, -0.25) is 10.1 Å². The first-order valence-electron chi connectivity index (χ1n) is 4.15. The van der Waals surface area contributed by atoms with Gasteiger partial charge in [0.2, 0.25) is 0 Å². The molecule has 0 amide bonds. The summed E-state index contributed by atoms with van der Waals surface area (Å²) in [5.74, 6) is -1.45. The number of benzene rings is 1.